The van der Waals surface area contributed by atoms with Crippen molar-refractivity contribution in [3.63, 3.8) is 0 Å². The zero-order chi connectivity index (χ0) is 11.7. The van der Waals surface area contributed by atoms with Crippen LogP contribution in [-0.2, 0) is 0 Å². The van der Waals surface area contributed by atoms with Gasteiger partial charge in [-0.3, -0.25) is 0 Å². The summed E-state index contributed by atoms with van der Waals surface area (Å²) in [5.41, 5.74) is 0. The summed E-state index contributed by atoms with van der Waals surface area (Å²) in [7, 11) is 3.32. The van der Waals surface area contributed by atoms with Crippen molar-refractivity contribution < 1.29 is 9.47 Å². The number of methoxy groups -OCH3 is 2. The van der Waals surface area contributed by atoms with Crippen LogP contribution in [0.25, 0.3) is 10.8 Å². The fourth-order valence-corrected chi connectivity index (χ4v) is 2.58. The lowest BCUT2D eigenvalue weighted by molar-refractivity contribution is 0.412. The molecule has 0 unspecified atom stereocenters. The van der Waals surface area contributed by atoms with Gasteiger partial charge in [0, 0.05) is 9.86 Å². The van der Waals surface area contributed by atoms with Gasteiger partial charge in [-0.15, -0.1) is 0 Å². The predicted molar refractivity (Wildman–Crippen MR) is 72.5 cm³/mol. The molecule has 0 heterocycles. The van der Waals surface area contributed by atoms with Crippen LogP contribution >= 0.6 is 31.9 Å². The summed E-state index contributed by atoms with van der Waals surface area (Å²) in [5, 5.41) is 2.13. The van der Waals surface area contributed by atoms with Crippen molar-refractivity contribution in [1.82, 2.24) is 0 Å². The summed E-state index contributed by atoms with van der Waals surface area (Å²) >= 11 is 6.92. The van der Waals surface area contributed by atoms with Crippen LogP contribution < -0.4 is 9.47 Å². The van der Waals surface area contributed by atoms with Gasteiger partial charge in [0.05, 0.1) is 18.7 Å². The average Bonchev–Trinajstić information content (AvgIpc) is 2.28. The second kappa shape index (κ2) is 4.63. The first-order chi connectivity index (χ1) is 7.65. The second-order valence-electron chi connectivity index (χ2n) is 3.32. The molecule has 0 saturated heterocycles. The average molecular weight is 346 g/mol. The minimum Gasteiger partial charge on any atom is -0.496 e. The summed E-state index contributed by atoms with van der Waals surface area (Å²) in [6.45, 7) is 0. The Labute approximate surface area is 111 Å². The molecule has 2 rings (SSSR count). The molecule has 0 amide bonds. The highest BCUT2D eigenvalue weighted by molar-refractivity contribution is 9.10. The summed E-state index contributed by atoms with van der Waals surface area (Å²) in [6.07, 6.45) is 0. The standard InChI is InChI=1S/C12H10Br2O2/c1-15-11-5-8(13)3-7-4-12(16-2)10(14)6-9(7)11/h3-6H,1-2H3. The lowest BCUT2D eigenvalue weighted by Gasteiger charge is -2.09. The number of halogens is 2. The van der Waals surface area contributed by atoms with Crippen LogP contribution in [0, 0.1) is 0 Å². The van der Waals surface area contributed by atoms with Crippen molar-refractivity contribution in [2.75, 3.05) is 14.2 Å². The van der Waals surface area contributed by atoms with E-state index < -0.39 is 0 Å². The summed E-state index contributed by atoms with van der Waals surface area (Å²) < 4.78 is 12.5. The van der Waals surface area contributed by atoms with E-state index in [4.69, 9.17) is 9.47 Å². The van der Waals surface area contributed by atoms with Crippen molar-refractivity contribution in [1.29, 1.82) is 0 Å². The molecule has 84 valence electrons. The highest BCUT2D eigenvalue weighted by atomic mass is 79.9. The molecule has 0 aliphatic rings. The molecule has 0 N–H and O–H groups in total. The van der Waals surface area contributed by atoms with Gasteiger partial charge in [0.2, 0.25) is 0 Å². The Morgan fingerprint density at radius 3 is 2.19 bits per heavy atom. The van der Waals surface area contributed by atoms with E-state index in [0.717, 1.165) is 31.2 Å². The van der Waals surface area contributed by atoms with Crippen molar-refractivity contribution in [3.05, 3.63) is 33.2 Å². The molecule has 0 aliphatic carbocycles. The van der Waals surface area contributed by atoms with Gasteiger partial charge in [-0.2, -0.15) is 0 Å². The molecule has 0 spiro atoms. The molecule has 0 aromatic heterocycles. The molecule has 0 bridgehead atoms. The Morgan fingerprint density at radius 2 is 1.56 bits per heavy atom. The molecule has 16 heavy (non-hydrogen) atoms. The van der Waals surface area contributed by atoms with Crippen LogP contribution in [-0.4, -0.2) is 14.2 Å². The third kappa shape index (κ3) is 2.04. The van der Waals surface area contributed by atoms with Crippen molar-refractivity contribution in [3.8, 4) is 11.5 Å². The van der Waals surface area contributed by atoms with Crippen molar-refractivity contribution in [2.45, 2.75) is 0 Å². The van der Waals surface area contributed by atoms with Crippen LogP contribution in [0.2, 0.25) is 0 Å². The minimum absolute atomic E-state index is 0.813. The minimum atomic E-state index is 0.813. The van der Waals surface area contributed by atoms with Gasteiger partial charge < -0.3 is 9.47 Å². The first-order valence-corrected chi connectivity index (χ1v) is 6.25. The number of ether oxygens (including phenoxy) is 2. The van der Waals surface area contributed by atoms with Gasteiger partial charge in [0.15, 0.2) is 0 Å². The van der Waals surface area contributed by atoms with Crippen LogP contribution in [0.4, 0.5) is 0 Å². The Kier molecular flexibility index (Phi) is 3.40. The largest absolute Gasteiger partial charge is 0.496 e. The first kappa shape index (κ1) is 11.7. The molecule has 0 saturated carbocycles. The fraction of sp³-hybridized carbons (Fsp3) is 0.167. The van der Waals surface area contributed by atoms with E-state index >= 15 is 0 Å². The van der Waals surface area contributed by atoms with E-state index in [-0.39, 0.29) is 0 Å². The molecule has 0 fully saturated rings. The summed E-state index contributed by atoms with van der Waals surface area (Å²) in [6, 6.07) is 7.96. The molecule has 4 heteroatoms. The third-order valence-electron chi connectivity index (χ3n) is 2.37. The molecular formula is C12H10Br2O2. The Balaban J connectivity index is 2.79. The van der Waals surface area contributed by atoms with Crippen LogP contribution in [0.5, 0.6) is 11.5 Å². The summed E-state index contributed by atoms with van der Waals surface area (Å²) in [5.74, 6) is 1.65. The van der Waals surface area contributed by atoms with Gasteiger partial charge in [0.25, 0.3) is 0 Å². The lowest BCUT2D eigenvalue weighted by atomic mass is 10.1. The highest BCUT2D eigenvalue weighted by Gasteiger charge is 2.08. The molecule has 2 aromatic carbocycles. The Morgan fingerprint density at radius 1 is 0.875 bits per heavy atom. The quantitative estimate of drug-likeness (QED) is 0.804. The van der Waals surface area contributed by atoms with Crippen molar-refractivity contribution in [2.24, 2.45) is 0 Å². The van der Waals surface area contributed by atoms with E-state index in [1.807, 2.05) is 24.3 Å². The second-order valence-corrected chi connectivity index (χ2v) is 5.09. The predicted octanol–water partition coefficient (Wildman–Crippen LogP) is 4.38. The van der Waals surface area contributed by atoms with E-state index in [2.05, 4.69) is 31.9 Å². The number of rotatable bonds is 2. The Bertz CT molecular complexity index is 538. The number of hydrogen-bond donors (Lipinski definition) is 0. The van der Waals surface area contributed by atoms with Gasteiger partial charge in [-0.1, -0.05) is 15.9 Å². The lowest BCUT2D eigenvalue weighted by Crippen LogP contribution is -1.88. The number of benzene rings is 2. The van der Waals surface area contributed by atoms with E-state index in [1.54, 1.807) is 14.2 Å². The third-order valence-corrected chi connectivity index (χ3v) is 3.45. The molecule has 2 aromatic rings. The zero-order valence-electron chi connectivity index (χ0n) is 8.88. The molecule has 2 nitrogen and oxygen atoms in total. The van der Waals surface area contributed by atoms with E-state index in [0.29, 0.717) is 0 Å². The number of fused-ring (bicyclic) bond motifs is 1. The zero-order valence-corrected chi connectivity index (χ0v) is 12.1. The van der Waals surface area contributed by atoms with Gasteiger partial charge in [-0.25, -0.2) is 0 Å². The van der Waals surface area contributed by atoms with Gasteiger partial charge >= 0.3 is 0 Å². The number of hydrogen-bond acceptors (Lipinski definition) is 2. The molecule has 0 aliphatic heterocycles. The maximum atomic E-state index is 5.35. The normalized spacial score (nSPS) is 10.5. The SMILES string of the molecule is COc1cc2cc(Br)cc(OC)c2cc1Br. The Hall–Kier alpha value is -0.740. The fourth-order valence-electron chi connectivity index (χ4n) is 1.62. The molecular weight excluding hydrogens is 336 g/mol. The van der Waals surface area contributed by atoms with E-state index in [1.165, 1.54) is 0 Å². The van der Waals surface area contributed by atoms with E-state index in [9.17, 15) is 0 Å². The topological polar surface area (TPSA) is 18.5 Å². The van der Waals surface area contributed by atoms with Crippen LogP contribution in [0.3, 0.4) is 0 Å². The van der Waals surface area contributed by atoms with Crippen LogP contribution in [0.15, 0.2) is 33.2 Å². The van der Waals surface area contributed by atoms with Crippen molar-refractivity contribution >= 4 is 42.6 Å². The smallest absolute Gasteiger partial charge is 0.133 e. The summed E-state index contributed by atoms with van der Waals surface area (Å²) in [4.78, 5) is 0. The van der Waals surface area contributed by atoms with Crippen LogP contribution in [0.1, 0.15) is 0 Å². The maximum Gasteiger partial charge on any atom is 0.133 e. The monoisotopic (exact) mass is 344 g/mol. The first-order valence-electron chi connectivity index (χ1n) is 4.66. The maximum absolute atomic E-state index is 5.35. The van der Waals surface area contributed by atoms with Gasteiger partial charge in [-0.05, 0) is 45.6 Å². The molecule has 0 atom stereocenters. The molecule has 0 radical (unpaired) electrons. The van der Waals surface area contributed by atoms with Gasteiger partial charge in [0.1, 0.15) is 11.5 Å². The highest BCUT2D eigenvalue weighted by Crippen LogP contribution is 2.36.